The van der Waals surface area contributed by atoms with Crippen LogP contribution in [0.25, 0.3) is 0 Å². The molecule has 8 nitrogen and oxygen atoms in total. The molecule has 1 aliphatic heterocycles. The lowest BCUT2D eigenvalue weighted by molar-refractivity contribution is -0.144. The van der Waals surface area contributed by atoms with Gasteiger partial charge in [-0.1, -0.05) is 6.92 Å². The van der Waals surface area contributed by atoms with Crippen LogP contribution in [0, 0.1) is 5.92 Å². The highest BCUT2D eigenvalue weighted by atomic mass is 16.5. The van der Waals surface area contributed by atoms with Crippen molar-refractivity contribution in [3.05, 3.63) is 0 Å². The van der Waals surface area contributed by atoms with Gasteiger partial charge in [-0.2, -0.15) is 0 Å². The van der Waals surface area contributed by atoms with Gasteiger partial charge in [0.15, 0.2) is 0 Å². The molecule has 21 heavy (non-hydrogen) atoms. The minimum absolute atomic E-state index is 0.0753. The number of carboxylic acid groups (broad SMARTS) is 1. The average Bonchev–Trinajstić information content (AvgIpc) is 2.86. The van der Waals surface area contributed by atoms with Gasteiger partial charge < -0.3 is 24.8 Å². The zero-order valence-electron chi connectivity index (χ0n) is 12.3. The quantitative estimate of drug-likeness (QED) is 0.645. The molecule has 1 heterocycles. The second-order valence-corrected chi connectivity index (χ2v) is 4.76. The van der Waals surface area contributed by atoms with Gasteiger partial charge in [-0.15, -0.1) is 0 Å². The Balaban J connectivity index is 2.59. The summed E-state index contributed by atoms with van der Waals surface area (Å²) in [6, 6.07) is -1.07. The molecule has 1 saturated heterocycles. The Labute approximate surface area is 123 Å². The number of hydrogen-bond acceptors (Lipinski definition) is 5. The summed E-state index contributed by atoms with van der Waals surface area (Å²) in [5.41, 5.74) is 0. The third-order valence-electron chi connectivity index (χ3n) is 3.11. The van der Waals surface area contributed by atoms with Crippen LogP contribution < -0.4 is 5.32 Å². The van der Waals surface area contributed by atoms with Crippen LogP contribution >= 0.6 is 0 Å². The Morgan fingerprint density at radius 1 is 1.33 bits per heavy atom. The van der Waals surface area contributed by atoms with E-state index >= 15 is 0 Å². The molecule has 2 unspecified atom stereocenters. The van der Waals surface area contributed by atoms with Gasteiger partial charge in [-0.3, -0.25) is 9.59 Å². The molecule has 2 N–H and O–H groups in total. The number of amides is 2. The highest BCUT2D eigenvalue weighted by Crippen LogP contribution is 2.14. The van der Waals surface area contributed by atoms with E-state index < -0.39 is 29.9 Å². The van der Waals surface area contributed by atoms with Crippen molar-refractivity contribution in [3.63, 3.8) is 0 Å². The van der Waals surface area contributed by atoms with Crippen LogP contribution in [-0.2, 0) is 19.1 Å². The lowest BCUT2D eigenvalue weighted by Gasteiger charge is -2.24. The van der Waals surface area contributed by atoms with Crippen molar-refractivity contribution in [2.45, 2.75) is 26.3 Å². The van der Waals surface area contributed by atoms with Crippen LogP contribution in [0.1, 0.15) is 20.3 Å². The normalized spacial score (nSPS) is 20.9. The fraction of sp³-hybridized carbons (Fsp3) is 0.769. The Kier molecular flexibility index (Phi) is 6.93. The second kappa shape index (κ2) is 8.46. The number of urea groups is 1. The van der Waals surface area contributed by atoms with Crippen molar-refractivity contribution in [2.24, 2.45) is 5.92 Å². The molecular formula is C13H22N2O6. The molecule has 0 spiro atoms. The zero-order valence-corrected chi connectivity index (χ0v) is 12.3. The molecule has 2 amide bonds. The number of carbonyl (C=O) groups is 3. The first kappa shape index (κ1) is 17.2. The van der Waals surface area contributed by atoms with Crippen LogP contribution in [0.3, 0.4) is 0 Å². The van der Waals surface area contributed by atoms with Crippen LogP contribution in [-0.4, -0.2) is 66.9 Å². The van der Waals surface area contributed by atoms with Crippen LogP contribution in [0.5, 0.6) is 0 Å². The van der Waals surface area contributed by atoms with Crippen molar-refractivity contribution in [2.75, 3.05) is 32.9 Å². The molecule has 0 aromatic carbocycles. The van der Waals surface area contributed by atoms with E-state index in [1.807, 2.05) is 6.92 Å². The highest BCUT2D eigenvalue weighted by Gasteiger charge is 2.36. The molecule has 1 rings (SSSR count). The molecule has 0 saturated carbocycles. The summed E-state index contributed by atoms with van der Waals surface area (Å²) in [5.74, 6) is -2.26. The van der Waals surface area contributed by atoms with Crippen LogP contribution in [0.2, 0.25) is 0 Å². The van der Waals surface area contributed by atoms with Gasteiger partial charge in [-0.25, -0.2) is 4.79 Å². The van der Waals surface area contributed by atoms with Gasteiger partial charge in [-0.05, 0) is 13.3 Å². The van der Waals surface area contributed by atoms with E-state index in [9.17, 15) is 14.4 Å². The SMILES string of the molecule is CCCN(CC(=O)OCC)C(=O)NC1COCC1C(=O)O. The maximum atomic E-state index is 12.2. The number of hydrogen-bond donors (Lipinski definition) is 2. The molecule has 8 heteroatoms. The van der Waals surface area contributed by atoms with E-state index in [0.29, 0.717) is 13.0 Å². The molecule has 1 fully saturated rings. The minimum atomic E-state index is -1.01. The van der Waals surface area contributed by atoms with E-state index in [0.717, 1.165) is 0 Å². The fourth-order valence-electron chi connectivity index (χ4n) is 2.07. The summed E-state index contributed by atoms with van der Waals surface area (Å²) in [7, 11) is 0. The first-order chi connectivity index (χ1) is 9.99. The second-order valence-electron chi connectivity index (χ2n) is 4.76. The summed E-state index contributed by atoms with van der Waals surface area (Å²) in [6.45, 7) is 4.28. The van der Waals surface area contributed by atoms with E-state index in [1.165, 1.54) is 4.90 Å². The maximum absolute atomic E-state index is 12.2. The Morgan fingerprint density at radius 3 is 2.62 bits per heavy atom. The van der Waals surface area contributed by atoms with E-state index in [1.54, 1.807) is 6.92 Å². The number of ether oxygens (including phenoxy) is 2. The average molecular weight is 302 g/mol. The van der Waals surface area contributed by atoms with Crippen molar-refractivity contribution in [1.82, 2.24) is 10.2 Å². The van der Waals surface area contributed by atoms with Crippen molar-refractivity contribution in [3.8, 4) is 0 Å². The molecule has 0 radical (unpaired) electrons. The summed E-state index contributed by atoms with van der Waals surface area (Å²) in [5, 5.41) is 11.7. The van der Waals surface area contributed by atoms with Crippen molar-refractivity contribution < 1.29 is 29.0 Å². The summed E-state index contributed by atoms with van der Waals surface area (Å²) in [4.78, 5) is 36.0. The molecule has 2 atom stereocenters. The van der Waals surface area contributed by atoms with Gasteiger partial charge in [0.25, 0.3) is 0 Å². The number of aliphatic carboxylic acids is 1. The minimum Gasteiger partial charge on any atom is -0.481 e. The van der Waals surface area contributed by atoms with Crippen LogP contribution in [0.4, 0.5) is 4.79 Å². The monoisotopic (exact) mass is 302 g/mol. The summed E-state index contributed by atoms with van der Waals surface area (Å²) < 4.78 is 9.90. The molecule has 0 aromatic heterocycles. The van der Waals surface area contributed by atoms with Gasteiger partial charge >= 0.3 is 18.0 Å². The third kappa shape index (κ3) is 5.22. The molecule has 0 aromatic rings. The number of carbonyl (C=O) groups excluding carboxylic acids is 2. The highest BCUT2D eigenvalue weighted by molar-refractivity contribution is 5.82. The lowest BCUT2D eigenvalue weighted by Crippen LogP contribution is -2.50. The number of carboxylic acids is 1. The van der Waals surface area contributed by atoms with Gasteiger partial charge in [0.2, 0.25) is 0 Å². The van der Waals surface area contributed by atoms with E-state index in [4.69, 9.17) is 14.6 Å². The number of nitrogens with one attached hydrogen (secondary N) is 1. The first-order valence-electron chi connectivity index (χ1n) is 7.01. The largest absolute Gasteiger partial charge is 0.481 e. The zero-order chi connectivity index (χ0) is 15.8. The number of esters is 1. The van der Waals surface area contributed by atoms with E-state index in [2.05, 4.69) is 5.32 Å². The molecule has 0 aliphatic carbocycles. The number of rotatable bonds is 7. The van der Waals surface area contributed by atoms with Gasteiger partial charge in [0.05, 0.1) is 25.9 Å². The standard InChI is InChI=1S/C13H22N2O6/c1-3-5-15(6-11(16)21-4-2)13(19)14-10-8-20-7-9(10)12(17)18/h9-10H,3-8H2,1-2H3,(H,14,19)(H,17,18). The smallest absolute Gasteiger partial charge is 0.325 e. The topological polar surface area (TPSA) is 105 Å². The van der Waals surface area contributed by atoms with Crippen molar-refractivity contribution >= 4 is 18.0 Å². The summed E-state index contributed by atoms with van der Waals surface area (Å²) in [6.07, 6.45) is 0.677. The predicted molar refractivity (Wildman–Crippen MR) is 72.8 cm³/mol. The molecule has 120 valence electrons. The summed E-state index contributed by atoms with van der Waals surface area (Å²) >= 11 is 0. The van der Waals surface area contributed by atoms with Gasteiger partial charge in [0.1, 0.15) is 12.5 Å². The number of nitrogens with zero attached hydrogens (tertiary/aromatic N) is 1. The first-order valence-corrected chi connectivity index (χ1v) is 7.01. The van der Waals surface area contributed by atoms with Crippen LogP contribution in [0.15, 0.2) is 0 Å². The van der Waals surface area contributed by atoms with Crippen molar-refractivity contribution in [1.29, 1.82) is 0 Å². The fourth-order valence-corrected chi connectivity index (χ4v) is 2.07. The predicted octanol–water partition coefficient (Wildman–Crippen LogP) is 0.0707. The Morgan fingerprint density at radius 2 is 2.05 bits per heavy atom. The molecular weight excluding hydrogens is 280 g/mol. The Bertz CT molecular complexity index is 387. The lowest BCUT2D eigenvalue weighted by atomic mass is 10.0. The molecule has 0 bridgehead atoms. The third-order valence-corrected chi connectivity index (χ3v) is 3.11. The molecule has 1 aliphatic rings. The Hall–Kier alpha value is -1.83. The van der Waals surface area contributed by atoms with E-state index in [-0.39, 0.29) is 26.4 Å². The van der Waals surface area contributed by atoms with Gasteiger partial charge in [0, 0.05) is 6.54 Å². The maximum Gasteiger partial charge on any atom is 0.325 e.